The van der Waals surface area contributed by atoms with Crippen molar-refractivity contribution in [3.8, 4) is 0 Å². The summed E-state index contributed by atoms with van der Waals surface area (Å²) < 4.78 is 0. The van der Waals surface area contributed by atoms with Gasteiger partial charge in [0.15, 0.2) is 0 Å². The molecule has 0 atom stereocenters. The van der Waals surface area contributed by atoms with Crippen LogP contribution in [-0.4, -0.2) is 0 Å². The maximum Gasteiger partial charge on any atom is -0.00201 e. The lowest BCUT2D eigenvalue weighted by atomic mass is 9.88. The molecule has 0 aliphatic carbocycles. The van der Waals surface area contributed by atoms with E-state index in [0.29, 0.717) is 0 Å². The van der Waals surface area contributed by atoms with Crippen molar-refractivity contribution in [1.29, 1.82) is 0 Å². The van der Waals surface area contributed by atoms with Crippen LogP contribution in [0.3, 0.4) is 0 Å². The average Bonchev–Trinajstić information content (AvgIpc) is 2.54. The highest BCUT2D eigenvalue weighted by Gasteiger charge is 2.13. The summed E-state index contributed by atoms with van der Waals surface area (Å²) in [5.41, 5.74) is 2.72. The molecule has 5 rings (SSSR count). The predicted molar refractivity (Wildman–Crippen MR) is 97.1 cm³/mol. The second-order valence-electron chi connectivity index (χ2n) is 6.35. The Labute approximate surface area is 129 Å². The lowest BCUT2D eigenvalue weighted by Gasteiger charge is -2.16. The van der Waals surface area contributed by atoms with Gasteiger partial charge >= 0.3 is 0 Å². The highest BCUT2D eigenvalue weighted by atomic mass is 14.2. The largest absolute Gasteiger partial charge is 0.0616 e. The van der Waals surface area contributed by atoms with Crippen LogP contribution < -0.4 is 0 Å². The Morgan fingerprint density at radius 2 is 1.27 bits per heavy atom. The molecular formula is C22H16. The van der Waals surface area contributed by atoms with Crippen LogP contribution in [0.1, 0.15) is 11.1 Å². The van der Waals surface area contributed by atoms with Gasteiger partial charge < -0.3 is 0 Å². The SMILES string of the molecule is Cc1ccc2c(C)cc3c4ccccc4cc4ccc1c2c43. The van der Waals surface area contributed by atoms with Gasteiger partial charge in [-0.25, -0.2) is 0 Å². The van der Waals surface area contributed by atoms with Crippen LogP contribution in [0.5, 0.6) is 0 Å². The normalized spacial score (nSPS) is 12.1. The molecule has 0 bridgehead atoms. The van der Waals surface area contributed by atoms with Gasteiger partial charge in [0.25, 0.3) is 0 Å². The molecule has 22 heavy (non-hydrogen) atoms. The summed E-state index contributed by atoms with van der Waals surface area (Å²) in [6.45, 7) is 4.44. The van der Waals surface area contributed by atoms with Gasteiger partial charge in [-0.3, -0.25) is 0 Å². The van der Waals surface area contributed by atoms with Crippen LogP contribution >= 0.6 is 0 Å². The molecule has 0 fully saturated rings. The van der Waals surface area contributed by atoms with Crippen molar-refractivity contribution in [2.45, 2.75) is 13.8 Å². The molecule has 0 aromatic heterocycles. The van der Waals surface area contributed by atoms with E-state index in [0.717, 1.165) is 0 Å². The Hall–Kier alpha value is -2.60. The fourth-order valence-corrected chi connectivity index (χ4v) is 3.96. The quantitative estimate of drug-likeness (QED) is 0.229. The molecule has 104 valence electrons. The molecule has 0 heteroatoms. The summed E-state index contributed by atoms with van der Waals surface area (Å²) in [6.07, 6.45) is 0. The van der Waals surface area contributed by atoms with E-state index in [1.54, 1.807) is 0 Å². The predicted octanol–water partition coefficient (Wildman–Crippen LogP) is 6.35. The summed E-state index contributed by atoms with van der Waals surface area (Å²) in [5.74, 6) is 0. The van der Waals surface area contributed by atoms with Crippen molar-refractivity contribution in [2.24, 2.45) is 0 Å². The van der Waals surface area contributed by atoms with Crippen molar-refractivity contribution >= 4 is 43.1 Å². The van der Waals surface area contributed by atoms with E-state index in [9.17, 15) is 0 Å². The Morgan fingerprint density at radius 1 is 0.500 bits per heavy atom. The molecule has 0 spiro atoms. The minimum atomic E-state index is 1.32. The summed E-state index contributed by atoms with van der Waals surface area (Å²) in [4.78, 5) is 0. The van der Waals surface area contributed by atoms with Crippen molar-refractivity contribution < 1.29 is 0 Å². The Kier molecular flexibility index (Phi) is 2.17. The second kappa shape index (κ2) is 3.98. The number of hydrogen-bond donors (Lipinski definition) is 0. The molecule has 0 radical (unpaired) electrons. The molecule has 0 N–H and O–H groups in total. The molecule has 0 unspecified atom stereocenters. The standard InChI is InChI=1S/C22H16/c1-13-7-9-18-14(2)11-20-19-6-4-3-5-15(19)12-16-8-10-17(13)22(18)21(16)20/h3-12H,1-2H3. The van der Waals surface area contributed by atoms with Gasteiger partial charge in [0, 0.05) is 0 Å². The Balaban J connectivity index is 2.24. The molecule has 0 saturated heterocycles. The lowest BCUT2D eigenvalue weighted by molar-refractivity contribution is 1.52. The molecule has 0 heterocycles. The fraction of sp³-hybridized carbons (Fsp3) is 0.0909. The van der Waals surface area contributed by atoms with Crippen LogP contribution in [0.4, 0.5) is 0 Å². The monoisotopic (exact) mass is 280 g/mol. The van der Waals surface area contributed by atoms with E-state index >= 15 is 0 Å². The van der Waals surface area contributed by atoms with Crippen LogP contribution in [0, 0.1) is 13.8 Å². The first-order valence-corrected chi connectivity index (χ1v) is 7.80. The average molecular weight is 280 g/mol. The summed E-state index contributed by atoms with van der Waals surface area (Å²) in [6, 6.07) is 22.5. The first-order chi connectivity index (χ1) is 10.7. The van der Waals surface area contributed by atoms with E-state index in [2.05, 4.69) is 74.5 Å². The molecule has 0 saturated carbocycles. The van der Waals surface area contributed by atoms with Gasteiger partial charge in [-0.05, 0) is 74.1 Å². The van der Waals surface area contributed by atoms with Crippen molar-refractivity contribution in [2.75, 3.05) is 0 Å². The highest BCUT2D eigenvalue weighted by molar-refractivity contribution is 6.29. The molecule has 0 amide bonds. The molecular weight excluding hydrogens is 264 g/mol. The minimum absolute atomic E-state index is 1.32. The molecule has 0 nitrogen and oxygen atoms in total. The van der Waals surface area contributed by atoms with E-state index in [1.807, 2.05) is 0 Å². The highest BCUT2D eigenvalue weighted by Crippen LogP contribution is 2.40. The third kappa shape index (κ3) is 1.37. The van der Waals surface area contributed by atoms with Crippen LogP contribution in [-0.2, 0) is 0 Å². The number of hydrogen-bond acceptors (Lipinski definition) is 0. The summed E-state index contributed by atoms with van der Waals surface area (Å²) in [5, 5.41) is 11.0. The van der Waals surface area contributed by atoms with Crippen molar-refractivity contribution in [1.82, 2.24) is 0 Å². The zero-order chi connectivity index (χ0) is 14.8. The number of benzene rings is 5. The number of aryl methyl sites for hydroxylation is 2. The van der Waals surface area contributed by atoms with Gasteiger partial charge in [-0.1, -0.05) is 54.6 Å². The van der Waals surface area contributed by atoms with Gasteiger partial charge in [0.1, 0.15) is 0 Å². The van der Waals surface area contributed by atoms with Crippen LogP contribution in [0.15, 0.2) is 60.7 Å². The van der Waals surface area contributed by atoms with Crippen LogP contribution in [0.2, 0.25) is 0 Å². The van der Waals surface area contributed by atoms with Gasteiger partial charge in [0.05, 0.1) is 0 Å². The second-order valence-corrected chi connectivity index (χ2v) is 6.35. The van der Waals surface area contributed by atoms with Crippen LogP contribution in [0.25, 0.3) is 43.1 Å². The molecule has 0 aliphatic rings. The molecule has 5 aromatic rings. The summed E-state index contributed by atoms with van der Waals surface area (Å²) in [7, 11) is 0. The van der Waals surface area contributed by atoms with E-state index < -0.39 is 0 Å². The number of fused-ring (bicyclic) bond motifs is 2. The van der Waals surface area contributed by atoms with Crippen molar-refractivity contribution in [3.63, 3.8) is 0 Å². The maximum absolute atomic E-state index is 2.36. The maximum atomic E-state index is 2.36. The summed E-state index contributed by atoms with van der Waals surface area (Å²) >= 11 is 0. The van der Waals surface area contributed by atoms with Gasteiger partial charge in [-0.15, -0.1) is 0 Å². The Morgan fingerprint density at radius 3 is 2.18 bits per heavy atom. The fourth-order valence-electron chi connectivity index (χ4n) is 3.96. The molecule has 0 aliphatic heterocycles. The first-order valence-electron chi connectivity index (χ1n) is 7.80. The Bertz CT molecular complexity index is 1170. The zero-order valence-electron chi connectivity index (χ0n) is 12.8. The smallest absolute Gasteiger partial charge is 0.00201 e. The first kappa shape index (κ1) is 12.0. The third-order valence-electron chi connectivity index (χ3n) is 5.05. The van der Waals surface area contributed by atoms with E-state index in [4.69, 9.17) is 0 Å². The molecule has 5 aromatic carbocycles. The van der Waals surface area contributed by atoms with E-state index in [-0.39, 0.29) is 0 Å². The topological polar surface area (TPSA) is 0 Å². The number of rotatable bonds is 0. The third-order valence-corrected chi connectivity index (χ3v) is 5.05. The minimum Gasteiger partial charge on any atom is -0.0616 e. The zero-order valence-corrected chi connectivity index (χ0v) is 12.8. The van der Waals surface area contributed by atoms with Gasteiger partial charge in [0.2, 0.25) is 0 Å². The van der Waals surface area contributed by atoms with Crippen molar-refractivity contribution in [3.05, 3.63) is 71.8 Å². The lowest BCUT2D eigenvalue weighted by Crippen LogP contribution is -1.90. The van der Waals surface area contributed by atoms with Gasteiger partial charge in [-0.2, -0.15) is 0 Å². The van der Waals surface area contributed by atoms with E-state index in [1.165, 1.54) is 54.2 Å².